The standard InChI is InChI=1S/C12H9NO2/c14-11-3-1-9(2-4-11)12(15)10-5-7-13-8-6-10/h1-8,14H. The van der Waals surface area contributed by atoms with Crippen LogP contribution in [0.2, 0.25) is 0 Å². The minimum Gasteiger partial charge on any atom is -0.508 e. The van der Waals surface area contributed by atoms with E-state index in [0.717, 1.165) is 0 Å². The number of phenolic OH excluding ortho intramolecular Hbond substituents is 1. The first kappa shape index (κ1) is 9.40. The van der Waals surface area contributed by atoms with Gasteiger partial charge < -0.3 is 5.11 Å². The van der Waals surface area contributed by atoms with Crippen molar-refractivity contribution in [3.05, 3.63) is 59.9 Å². The van der Waals surface area contributed by atoms with Crippen LogP contribution in [-0.4, -0.2) is 15.9 Å². The predicted octanol–water partition coefficient (Wildman–Crippen LogP) is 2.02. The number of nitrogens with zero attached hydrogens (tertiary/aromatic N) is 1. The molecule has 74 valence electrons. The number of carbonyl (C=O) groups excluding carboxylic acids is 1. The zero-order valence-electron chi connectivity index (χ0n) is 7.92. The number of ketones is 1. The molecule has 0 aliphatic heterocycles. The lowest BCUT2D eigenvalue weighted by atomic mass is 10.0. The van der Waals surface area contributed by atoms with Gasteiger partial charge in [-0.15, -0.1) is 0 Å². The molecule has 3 nitrogen and oxygen atoms in total. The van der Waals surface area contributed by atoms with E-state index < -0.39 is 0 Å². The van der Waals surface area contributed by atoms with Crippen molar-refractivity contribution in [1.29, 1.82) is 0 Å². The van der Waals surface area contributed by atoms with Crippen LogP contribution < -0.4 is 0 Å². The molecule has 2 aromatic rings. The summed E-state index contributed by atoms with van der Waals surface area (Å²) in [6.45, 7) is 0. The van der Waals surface area contributed by atoms with Crippen LogP contribution in [0.4, 0.5) is 0 Å². The molecule has 0 aliphatic rings. The average molecular weight is 199 g/mol. The molecule has 0 fully saturated rings. The molecule has 0 bridgehead atoms. The van der Waals surface area contributed by atoms with Crippen molar-refractivity contribution >= 4 is 5.78 Å². The molecule has 1 aromatic heterocycles. The van der Waals surface area contributed by atoms with Crippen LogP contribution in [0, 0.1) is 0 Å². The monoisotopic (exact) mass is 199 g/mol. The van der Waals surface area contributed by atoms with Gasteiger partial charge >= 0.3 is 0 Å². The molecule has 3 heteroatoms. The molecule has 0 saturated carbocycles. The van der Waals surface area contributed by atoms with Gasteiger partial charge in [0.15, 0.2) is 5.78 Å². The molecule has 2 rings (SSSR count). The molecule has 1 aromatic carbocycles. The highest BCUT2D eigenvalue weighted by Gasteiger charge is 2.07. The Morgan fingerprint density at radius 3 is 2.07 bits per heavy atom. The number of carbonyl (C=O) groups is 1. The molecule has 1 N–H and O–H groups in total. The number of benzene rings is 1. The Labute approximate surface area is 87.0 Å². The molecular formula is C12H9NO2. The van der Waals surface area contributed by atoms with Crippen molar-refractivity contribution in [3.8, 4) is 5.75 Å². The number of hydrogen-bond acceptors (Lipinski definition) is 3. The fourth-order valence-corrected chi connectivity index (χ4v) is 1.28. The molecule has 0 unspecified atom stereocenters. The second-order valence-electron chi connectivity index (χ2n) is 3.11. The zero-order valence-corrected chi connectivity index (χ0v) is 7.92. The fourth-order valence-electron chi connectivity index (χ4n) is 1.28. The Bertz CT molecular complexity index is 463. The molecule has 0 amide bonds. The SMILES string of the molecule is O=C(c1ccncc1)c1ccc(O)cc1. The maximum atomic E-state index is 11.8. The number of pyridine rings is 1. The molecule has 1 heterocycles. The Balaban J connectivity index is 2.33. The van der Waals surface area contributed by atoms with Gasteiger partial charge in [-0.3, -0.25) is 9.78 Å². The number of hydrogen-bond donors (Lipinski definition) is 1. The molecule has 15 heavy (non-hydrogen) atoms. The van der Waals surface area contributed by atoms with Crippen LogP contribution in [0.3, 0.4) is 0 Å². The van der Waals surface area contributed by atoms with E-state index in [4.69, 9.17) is 5.11 Å². The summed E-state index contributed by atoms with van der Waals surface area (Å²) in [5, 5.41) is 9.09. The van der Waals surface area contributed by atoms with E-state index in [1.54, 1.807) is 36.7 Å². The van der Waals surface area contributed by atoms with Gasteiger partial charge in [0, 0.05) is 23.5 Å². The predicted molar refractivity (Wildman–Crippen MR) is 55.8 cm³/mol. The van der Waals surface area contributed by atoms with Gasteiger partial charge in [0.25, 0.3) is 0 Å². The van der Waals surface area contributed by atoms with E-state index in [9.17, 15) is 4.79 Å². The van der Waals surface area contributed by atoms with Gasteiger partial charge in [-0.1, -0.05) is 0 Å². The minimum atomic E-state index is -0.0719. The van der Waals surface area contributed by atoms with Crippen molar-refractivity contribution in [2.75, 3.05) is 0 Å². The van der Waals surface area contributed by atoms with Crippen LogP contribution in [0.15, 0.2) is 48.8 Å². The summed E-state index contributed by atoms with van der Waals surface area (Å²) in [5.41, 5.74) is 1.15. The van der Waals surface area contributed by atoms with Crippen LogP contribution in [0.1, 0.15) is 15.9 Å². The number of rotatable bonds is 2. The van der Waals surface area contributed by atoms with Crippen molar-refractivity contribution in [3.63, 3.8) is 0 Å². The van der Waals surface area contributed by atoms with Crippen LogP contribution in [0.25, 0.3) is 0 Å². The van der Waals surface area contributed by atoms with Gasteiger partial charge in [-0.25, -0.2) is 0 Å². The smallest absolute Gasteiger partial charge is 0.193 e. The minimum absolute atomic E-state index is 0.0719. The third kappa shape index (κ3) is 2.02. The number of phenols is 1. The summed E-state index contributed by atoms with van der Waals surface area (Å²) in [5.74, 6) is 0.0821. The summed E-state index contributed by atoms with van der Waals surface area (Å²) in [7, 11) is 0. The van der Waals surface area contributed by atoms with E-state index in [-0.39, 0.29) is 11.5 Å². The normalized spacial score (nSPS) is 9.87. The molecule has 0 radical (unpaired) electrons. The summed E-state index contributed by atoms with van der Waals surface area (Å²) < 4.78 is 0. The van der Waals surface area contributed by atoms with E-state index in [0.29, 0.717) is 11.1 Å². The lowest BCUT2D eigenvalue weighted by molar-refractivity contribution is 0.103. The van der Waals surface area contributed by atoms with Crippen molar-refractivity contribution in [2.24, 2.45) is 0 Å². The van der Waals surface area contributed by atoms with E-state index in [1.165, 1.54) is 12.1 Å². The summed E-state index contributed by atoms with van der Waals surface area (Å²) in [6.07, 6.45) is 3.15. The highest BCUT2D eigenvalue weighted by Crippen LogP contribution is 2.13. The molecule has 0 saturated heterocycles. The highest BCUT2D eigenvalue weighted by molar-refractivity contribution is 6.08. The highest BCUT2D eigenvalue weighted by atomic mass is 16.3. The second kappa shape index (κ2) is 3.92. The average Bonchev–Trinajstić information content (AvgIpc) is 2.30. The Morgan fingerprint density at radius 2 is 1.47 bits per heavy atom. The molecule has 0 atom stereocenters. The van der Waals surface area contributed by atoms with Crippen LogP contribution in [0.5, 0.6) is 5.75 Å². The molecule has 0 aliphatic carbocycles. The first-order chi connectivity index (χ1) is 7.27. The van der Waals surface area contributed by atoms with Crippen LogP contribution in [-0.2, 0) is 0 Å². The lowest BCUT2D eigenvalue weighted by Crippen LogP contribution is -2.00. The number of aromatic hydroxyl groups is 1. The first-order valence-electron chi connectivity index (χ1n) is 4.51. The summed E-state index contributed by atoms with van der Waals surface area (Å²) in [4.78, 5) is 15.7. The summed E-state index contributed by atoms with van der Waals surface area (Å²) >= 11 is 0. The third-order valence-corrected chi connectivity index (χ3v) is 2.07. The topological polar surface area (TPSA) is 50.2 Å². The Morgan fingerprint density at radius 1 is 0.933 bits per heavy atom. The van der Waals surface area contributed by atoms with Gasteiger partial charge in [0.2, 0.25) is 0 Å². The van der Waals surface area contributed by atoms with Crippen molar-refractivity contribution < 1.29 is 9.90 Å². The van der Waals surface area contributed by atoms with Gasteiger partial charge in [0.05, 0.1) is 0 Å². The maximum absolute atomic E-state index is 11.8. The van der Waals surface area contributed by atoms with Crippen molar-refractivity contribution in [1.82, 2.24) is 4.98 Å². The van der Waals surface area contributed by atoms with E-state index >= 15 is 0 Å². The number of aromatic nitrogens is 1. The van der Waals surface area contributed by atoms with Crippen LogP contribution >= 0.6 is 0 Å². The fraction of sp³-hybridized carbons (Fsp3) is 0. The first-order valence-corrected chi connectivity index (χ1v) is 4.51. The largest absolute Gasteiger partial charge is 0.508 e. The second-order valence-corrected chi connectivity index (χ2v) is 3.11. The Kier molecular flexibility index (Phi) is 2.46. The Hall–Kier alpha value is -2.16. The lowest BCUT2D eigenvalue weighted by Gasteiger charge is -2.00. The quantitative estimate of drug-likeness (QED) is 0.753. The van der Waals surface area contributed by atoms with Crippen molar-refractivity contribution in [2.45, 2.75) is 0 Å². The molecule has 0 spiro atoms. The van der Waals surface area contributed by atoms with Gasteiger partial charge in [0.1, 0.15) is 5.75 Å². The maximum Gasteiger partial charge on any atom is 0.193 e. The summed E-state index contributed by atoms with van der Waals surface area (Å²) in [6, 6.07) is 9.50. The zero-order chi connectivity index (χ0) is 10.7. The molecular weight excluding hydrogens is 190 g/mol. The van der Waals surface area contributed by atoms with E-state index in [1.807, 2.05) is 0 Å². The van der Waals surface area contributed by atoms with Gasteiger partial charge in [-0.05, 0) is 36.4 Å². The van der Waals surface area contributed by atoms with E-state index in [2.05, 4.69) is 4.98 Å². The van der Waals surface area contributed by atoms with Gasteiger partial charge in [-0.2, -0.15) is 0 Å². The third-order valence-electron chi connectivity index (χ3n) is 2.07.